The first-order valence-electron chi connectivity index (χ1n) is 9.87. The molecule has 3 aromatic carbocycles. The molecule has 0 spiro atoms. The molecule has 0 fully saturated rings. The van der Waals surface area contributed by atoms with Gasteiger partial charge in [-0.3, -0.25) is 9.89 Å². The molecule has 1 heterocycles. The maximum absolute atomic E-state index is 12.5. The fourth-order valence-corrected chi connectivity index (χ4v) is 3.28. The standard InChI is InChI=1S/C24H22N4O3/c1-3-31-18-11-8-17(9-12-18)21-14-22(27-26-21)24(29)28-25-15-20-19-7-5-4-6-16(19)10-13-23(20)30-2/h4-15H,3H2,1-2H3,(H,26,27)(H,28,29). The van der Waals surface area contributed by atoms with E-state index in [1.165, 1.54) is 0 Å². The number of hydrogen-bond donors (Lipinski definition) is 2. The van der Waals surface area contributed by atoms with E-state index in [1.54, 1.807) is 19.4 Å². The molecule has 0 bridgehead atoms. The van der Waals surface area contributed by atoms with E-state index in [-0.39, 0.29) is 5.91 Å². The summed E-state index contributed by atoms with van der Waals surface area (Å²) in [5.41, 5.74) is 5.18. The van der Waals surface area contributed by atoms with Gasteiger partial charge in [0, 0.05) is 11.1 Å². The number of hydrazone groups is 1. The van der Waals surface area contributed by atoms with E-state index in [9.17, 15) is 4.79 Å². The molecule has 0 saturated carbocycles. The Morgan fingerprint density at radius 3 is 2.71 bits per heavy atom. The predicted octanol–water partition coefficient (Wildman–Crippen LogP) is 4.40. The SMILES string of the molecule is CCOc1ccc(-c2cc(C(=O)NN=Cc3c(OC)ccc4ccccc34)[nH]n2)cc1. The first kappa shape index (κ1) is 20.2. The number of H-pyrrole nitrogens is 1. The van der Waals surface area contributed by atoms with Gasteiger partial charge in [0.15, 0.2) is 0 Å². The smallest absolute Gasteiger partial charge is 0.289 e. The number of ether oxygens (including phenoxy) is 2. The Morgan fingerprint density at radius 2 is 1.94 bits per heavy atom. The first-order chi connectivity index (χ1) is 15.2. The molecular weight excluding hydrogens is 392 g/mol. The summed E-state index contributed by atoms with van der Waals surface area (Å²) in [4.78, 5) is 12.5. The van der Waals surface area contributed by atoms with Crippen LogP contribution in [0.3, 0.4) is 0 Å². The van der Waals surface area contributed by atoms with Crippen LogP contribution in [0.2, 0.25) is 0 Å². The monoisotopic (exact) mass is 414 g/mol. The van der Waals surface area contributed by atoms with Crippen molar-refractivity contribution in [3.8, 4) is 22.8 Å². The van der Waals surface area contributed by atoms with Crippen LogP contribution in [0, 0.1) is 0 Å². The van der Waals surface area contributed by atoms with Crippen LogP contribution in [0.15, 0.2) is 71.8 Å². The third-order valence-electron chi connectivity index (χ3n) is 4.79. The number of nitrogens with zero attached hydrogens (tertiary/aromatic N) is 2. The summed E-state index contributed by atoms with van der Waals surface area (Å²) in [5.74, 6) is 1.08. The van der Waals surface area contributed by atoms with Crippen molar-refractivity contribution in [2.24, 2.45) is 5.10 Å². The Balaban J connectivity index is 1.49. The summed E-state index contributed by atoms with van der Waals surface area (Å²) in [5, 5.41) is 13.1. The molecule has 7 heteroatoms. The zero-order valence-electron chi connectivity index (χ0n) is 17.3. The molecule has 0 atom stereocenters. The highest BCUT2D eigenvalue weighted by atomic mass is 16.5. The topological polar surface area (TPSA) is 88.6 Å². The largest absolute Gasteiger partial charge is 0.496 e. The summed E-state index contributed by atoms with van der Waals surface area (Å²) in [6, 6.07) is 21.0. The van der Waals surface area contributed by atoms with E-state index in [0.29, 0.717) is 23.7 Å². The number of aromatic amines is 1. The van der Waals surface area contributed by atoms with E-state index < -0.39 is 0 Å². The predicted molar refractivity (Wildman–Crippen MR) is 121 cm³/mol. The van der Waals surface area contributed by atoms with Gasteiger partial charge in [-0.25, -0.2) is 5.43 Å². The van der Waals surface area contributed by atoms with Gasteiger partial charge in [0.1, 0.15) is 17.2 Å². The van der Waals surface area contributed by atoms with E-state index in [1.807, 2.05) is 67.6 Å². The van der Waals surface area contributed by atoms with Crippen molar-refractivity contribution in [3.05, 3.63) is 78.0 Å². The minimum absolute atomic E-state index is 0.311. The van der Waals surface area contributed by atoms with Crippen LogP contribution in [0.4, 0.5) is 0 Å². The normalized spacial score (nSPS) is 11.0. The van der Waals surface area contributed by atoms with Gasteiger partial charge in [-0.1, -0.05) is 30.3 Å². The van der Waals surface area contributed by atoms with Crippen molar-refractivity contribution in [1.82, 2.24) is 15.6 Å². The fourth-order valence-electron chi connectivity index (χ4n) is 3.28. The summed E-state index contributed by atoms with van der Waals surface area (Å²) >= 11 is 0. The van der Waals surface area contributed by atoms with Gasteiger partial charge in [-0.05, 0) is 54.1 Å². The van der Waals surface area contributed by atoms with E-state index in [2.05, 4.69) is 20.7 Å². The number of benzene rings is 3. The molecule has 4 rings (SSSR count). The maximum Gasteiger partial charge on any atom is 0.289 e. The first-order valence-corrected chi connectivity index (χ1v) is 9.87. The zero-order chi connectivity index (χ0) is 21.6. The number of rotatable bonds is 7. The lowest BCUT2D eigenvalue weighted by Gasteiger charge is -2.08. The van der Waals surface area contributed by atoms with Crippen molar-refractivity contribution >= 4 is 22.9 Å². The van der Waals surface area contributed by atoms with Gasteiger partial charge in [0.25, 0.3) is 5.91 Å². The molecule has 0 saturated heterocycles. The minimum Gasteiger partial charge on any atom is -0.496 e. The van der Waals surface area contributed by atoms with Crippen LogP contribution in [-0.2, 0) is 0 Å². The highest BCUT2D eigenvalue weighted by Gasteiger charge is 2.11. The van der Waals surface area contributed by atoms with Crippen molar-refractivity contribution in [1.29, 1.82) is 0 Å². The van der Waals surface area contributed by atoms with E-state index in [0.717, 1.165) is 27.6 Å². The van der Waals surface area contributed by atoms with Crippen molar-refractivity contribution in [2.45, 2.75) is 6.92 Å². The Morgan fingerprint density at radius 1 is 1.13 bits per heavy atom. The molecule has 0 aliphatic rings. The quantitative estimate of drug-likeness (QED) is 0.346. The minimum atomic E-state index is -0.389. The van der Waals surface area contributed by atoms with E-state index in [4.69, 9.17) is 9.47 Å². The number of carbonyl (C=O) groups excluding carboxylic acids is 1. The summed E-state index contributed by atoms with van der Waals surface area (Å²) in [6.07, 6.45) is 1.59. The highest BCUT2D eigenvalue weighted by Crippen LogP contribution is 2.26. The zero-order valence-corrected chi connectivity index (χ0v) is 17.3. The number of fused-ring (bicyclic) bond motifs is 1. The van der Waals surface area contributed by atoms with Crippen LogP contribution in [0.1, 0.15) is 23.0 Å². The van der Waals surface area contributed by atoms with Gasteiger partial charge in [-0.15, -0.1) is 0 Å². The molecule has 31 heavy (non-hydrogen) atoms. The lowest BCUT2D eigenvalue weighted by Crippen LogP contribution is -2.18. The van der Waals surface area contributed by atoms with Crippen LogP contribution >= 0.6 is 0 Å². The Kier molecular flexibility index (Phi) is 5.93. The molecule has 156 valence electrons. The number of aromatic nitrogens is 2. The van der Waals surface area contributed by atoms with Crippen molar-refractivity contribution in [2.75, 3.05) is 13.7 Å². The molecule has 0 unspecified atom stereocenters. The Bertz CT molecular complexity index is 1230. The van der Waals surface area contributed by atoms with Crippen molar-refractivity contribution in [3.63, 3.8) is 0 Å². The molecule has 0 aliphatic heterocycles. The lowest BCUT2D eigenvalue weighted by molar-refractivity contribution is 0.0950. The van der Waals surface area contributed by atoms with Gasteiger partial charge in [-0.2, -0.15) is 10.2 Å². The number of methoxy groups -OCH3 is 1. The van der Waals surface area contributed by atoms with Crippen LogP contribution in [0.5, 0.6) is 11.5 Å². The van der Waals surface area contributed by atoms with Crippen LogP contribution in [0.25, 0.3) is 22.0 Å². The molecule has 1 amide bonds. The third kappa shape index (κ3) is 4.40. The Hall–Kier alpha value is -4.13. The second-order valence-corrected chi connectivity index (χ2v) is 6.73. The molecule has 0 aliphatic carbocycles. The molecule has 4 aromatic rings. The van der Waals surface area contributed by atoms with E-state index >= 15 is 0 Å². The average Bonchev–Trinajstić information content (AvgIpc) is 3.30. The average molecular weight is 414 g/mol. The second-order valence-electron chi connectivity index (χ2n) is 6.73. The summed E-state index contributed by atoms with van der Waals surface area (Å²) < 4.78 is 10.9. The number of amides is 1. The van der Waals surface area contributed by atoms with Gasteiger partial charge < -0.3 is 9.47 Å². The van der Waals surface area contributed by atoms with Gasteiger partial charge in [0.2, 0.25) is 0 Å². The van der Waals surface area contributed by atoms with Crippen molar-refractivity contribution < 1.29 is 14.3 Å². The van der Waals surface area contributed by atoms with Gasteiger partial charge >= 0.3 is 0 Å². The highest BCUT2D eigenvalue weighted by molar-refractivity contribution is 6.03. The number of carbonyl (C=O) groups is 1. The maximum atomic E-state index is 12.5. The molecule has 0 radical (unpaired) electrons. The second kappa shape index (κ2) is 9.13. The fraction of sp³-hybridized carbons (Fsp3) is 0.125. The summed E-state index contributed by atoms with van der Waals surface area (Å²) in [7, 11) is 1.60. The molecular formula is C24H22N4O3. The van der Waals surface area contributed by atoms with Crippen LogP contribution < -0.4 is 14.9 Å². The number of nitrogens with one attached hydrogen (secondary N) is 2. The van der Waals surface area contributed by atoms with Gasteiger partial charge in [0.05, 0.1) is 25.6 Å². The Labute approximate surface area is 179 Å². The van der Waals surface area contributed by atoms with Crippen LogP contribution in [-0.4, -0.2) is 36.0 Å². The molecule has 7 nitrogen and oxygen atoms in total. The molecule has 1 aromatic heterocycles. The number of hydrogen-bond acceptors (Lipinski definition) is 5. The summed E-state index contributed by atoms with van der Waals surface area (Å²) in [6.45, 7) is 2.54. The lowest BCUT2D eigenvalue weighted by atomic mass is 10.0. The molecule has 2 N–H and O–H groups in total. The third-order valence-corrected chi connectivity index (χ3v) is 4.79.